The maximum absolute atomic E-state index is 2.59. The molecule has 0 N–H and O–H groups in total. The molecular weight excluding hydrogens is 364 g/mol. The summed E-state index contributed by atoms with van der Waals surface area (Å²) in [6, 6.07) is 0. The third-order valence-electron chi connectivity index (χ3n) is 6.60. The number of nitrogens with zero attached hydrogens (tertiary/aromatic N) is 2. The Morgan fingerprint density at radius 3 is 1.60 bits per heavy atom. The van der Waals surface area contributed by atoms with Gasteiger partial charge in [0.1, 0.15) is 12.4 Å². The summed E-state index contributed by atoms with van der Waals surface area (Å²) in [5, 5.41) is 0. The first-order valence-electron chi connectivity index (χ1n) is 13.9. The van der Waals surface area contributed by atoms with Crippen LogP contribution in [0.25, 0.3) is 0 Å². The van der Waals surface area contributed by atoms with Crippen molar-refractivity contribution in [3.05, 3.63) is 18.2 Å². The molecule has 1 rings (SSSR count). The normalized spacial score (nSPS) is 11.4. The number of hydrogen-bond donors (Lipinski definition) is 0. The summed E-state index contributed by atoms with van der Waals surface area (Å²) in [6.07, 6.45) is 32.5. The molecule has 0 aliphatic heterocycles. The molecule has 0 saturated carbocycles. The van der Waals surface area contributed by atoms with Gasteiger partial charge in [-0.05, 0) is 32.1 Å². The van der Waals surface area contributed by atoms with Crippen LogP contribution in [0, 0.1) is 0 Å². The number of aryl methyl sites for hydroxylation is 2. The smallest absolute Gasteiger partial charge is 0.234 e. The van der Waals surface area contributed by atoms with Crippen LogP contribution in [0.3, 0.4) is 0 Å². The van der Waals surface area contributed by atoms with Crippen LogP contribution in [-0.4, -0.2) is 4.57 Å². The molecule has 0 fully saturated rings. The maximum atomic E-state index is 2.59. The Bertz CT molecular complexity index is 477. The Hall–Kier alpha value is -0.790. The van der Waals surface area contributed by atoms with Crippen molar-refractivity contribution >= 4 is 0 Å². The molecular formula is C28H55N2+. The minimum Gasteiger partial charge on any atom is -0.234 e. The predicted molar refractivity (Wildman–Crippen MR) is 133 cm³/mol. The molecule has 0 atom stereocenters. The van der Waals surface area contributed by atoms with E-state index in [1.807, 2.05) is 0 Å². The molecule has 0 aromatic carbocycles. The van der Waals surface area contributed by atoms with Crippen LogP contribution in [-0.2, 0) is 19.5 Å². The van der Waals surface area contributed by atoms with E-state index >= 15 is 0 Å². The molecule has 0 radical (unpaired) electrons. The number of imidazole rings is 1. The standard InChI is InChI=1S/C28H55N2/c1-4-7-10-13-15-16-19-22-25-30-27-26-29(24-21-18-12-9-6-3)28(30)23-20-17-14-11-8-5-2/h26-27H,4-25H2,1-3H3/q+1. The summed E-state index contributed by atoms with van der Waals surface area (Å²) in [4.78, 5) is 0. The van der Waals surface area contributed by atoms with Crippen LogP contribution in [0.2, 0.25) is 0 Å². The minimum absolute atomic E-state index is 1.22. The van der Waals surface area contributed by atoms with Gasteiger partial charge in [0.15, 0.2) is 0 Å². The maximum Gasteiger partial charge on any atom is 0.256 e. The van der Waals surface area contributed by atoms with E-state index in [2.05, 4.69) is 42.3 Å². The molecule has 2 heteroatoms. The van der Waals surface area contributed by atoms with Gasteiger partial charge in [-0.3, -0.25) is 0 Å². The summed E-state index contributed by atoms with van der Waals surface area (Å²) >= 11 is 0. The topological polar surface area (TPSA) is 8.81 Å². The summed E-state index contributed by atoms with van der Waals surface area (Å²) in [5.41, 5.74) is 0. The second kappa shape index (κ2) is 20.1. The van der Waals surface area contributed by atoms with Gasteiger partial charge in [0.25, 0.3) is 5.82 Å². The van der Waals surface area contributed by atoms with Crippen LogP contribution in [0.4, 0.5) is 0 Å². The van der Waals surface area contributed by atoms with E-state index in [-0.39, 0.29) is 0 Å². The third kappa shape index (κ3) is 13.5. The van der Waals surface area contributed by atoms with Gasteiger partial charge in [-0.15, -0.1) is 0 Å². The average molecular weight is 420 g/mol. The lowest BCUT2D eigenvalue weighted by Gasteiger charge is -2.07. The molecule has 1 heterocycles. The number of aromatic nitrogens is 2. The van der Waals surface area contributed by atoms with Crippen molar-refractivity contribution in [2.75, 3.05) is 0 Å². The van der Waals surface area contributed by atoms with Crippen molar-refractivity contribution in [1.29, 1.82) is 0 Å². The molecule has 30 heavy (non-hydrogen) atoms. The van der Waals surface area contributed by atoms with E-state index in [9.17, 15) is 0 Å². The predicted octanol–water partition coefficient (Wildman–Crippen LogP) is 8.79. The zero-order chi connectivity index (χ0) is 21.7. The highest BCUT2D eigenvalue weighted by atomic mass is 15.1. The second-order valence-electron chi connectivity index (χ2n) is 9.51. The first-order valence-corrected chi connectivity index (χ1v) is 13.9. The van der Waals surface area contributed by atoms with E-state index in [0.717, 1.165) is 0 Å². The molecule has 1 aromatic heterocycles. The fourth-order valence-electron chi connectivity index (χ4n) is 4.56. The molecule has 1 aromatic rings. The third-order valence-corrected chi connectivity index (χ3v) is 6.60. The molecule has 2 nitrogen and oxygen atoms in total. The fraction of sp³-hybridized carbons (Fsp3) is 0.893. The molecule has 0 unspecified atom stereocenters. The average Bonchev–Trinajstić information content (AvgIpc) is 3.14. The number of rotatable bonds is 22. The molecule has 0 saturated heterocycles. The minimum atomic E-state index is 1.22. The summed E-state index contributed by atoms with van der Waals surface area (Å²) in [6.45, 7) is 9.36. The van der Waals surface area contributed by atoms with Crippen LogP contribution in [0.15, 0.2) is 12.4 Å². The number of unbranched alkanes of at least 4 members (excludes halogenated alkanes) is 16. The fourth-order valence-corrected chi connectivity index (χ4v) is 4.56. The number of hydrogen-bond acceptors (Lipinski definition) is 0. The first-order chi connectivity index (χ1) is 14.8. The second-order valence-corrected chi connectivity index (χ2v) is 9.51. The van der Waals surface area contributed by atoms with E-state index < -0.39 is 0 Å². The van der Waals surface area contributed by atoms with E-state index in [1.165, 1.54) is 142 Å². The van der Waals surface area contributed by atoms with Crippen molar-refractivity contribution in [2.45, 2.75) is 162 Å². The first kappa shape index (κ1) is 27.2. The molecule has 0 bridgehead atoms. The molecule has 0 aliphatic rings. The zero-order valence-corrected chi connectivity index (χ0v) is 21.1. The molecule has 0 amide bonds. The van der Waals surface area contributed by atoms with E-state index in [4.69, 9.17) is 0 Å². The zero-order valence-electron chi connectivity index (χ0n) is 21.1. The monoisotopic (exact) mass is 419 g/mol. The lowest BCUT2D eigenvalue weighted by molar-refractivity contribution is -0.704. The van der Waals surface area contributed by atoms with Gasteiger partial charge in [-0.25, -0.2) is 9.13 Å². The summed E-state index contributed by atoms with van der Waals surface area (Å²) in [5.74, 6) is 1.60. The van der Waals surface area contributed by atoms with Gasteiger partial charge in [0.2, 0.25) is 0 Å². The van der Waals surface area contributed by atoms with Crippen molar-refractivity contribution in [2.24, 2.45) is 0 Å². The highest BCUT2D eigenvalue weighted by Crippen LogP contribution is 2.12. The van der Waals surface area contributed by atoms with Crippen LogP contribution in [0.1, 0.15) is 149 Å². The van der Waals surface area contributed by atoms with E-state index in [1.54, 1.807) is 5.82 Å². The van der Waals surface area contributed by atoms with Crippen molar-refractivity contribution < 1.29 is 4.57 Å². The van der Waals surface area contributed by atoms with Gasteiger partial charge < -0.3 is 0 Å². The van der Waals surface area contributed by atoms with Crippen LogP contribution >= 0.6 is 0 Å². The van der Waals surface area contributed by atoms with Crippen molar-refractivity contribution in [3.8, 4) is 0 Å². The van der Waals surface area contributed by atoms with Gasteiger partial charge >= 0.3 is 0 Å². The Kier molecular flexibility index (Phi) is 18.3. The summed E-state index contributed by atoms with van der Waals surface area (Å²) < 4.78 is 5.18. The lowest BCUT2D eigenvalue weighted by atomic mass is 10.1. The largest absolute Gasteiger partial charge is 0.256 e. The Labute approximate surface area is 189 Å². The van der Waals surface area contributed by atoms with Crippen LogP contribution in [0.5, 0.6) is 0 Å². The van der Waals surface area contributed by atoms with Gasteiger partial charge in [0, 0.05) is 6.42 Å². The Balaban J connectivity index is 2.40. The Morgan fingerprint density at radius 1 is 0.567 bits per heavy atom. The SMILES string of the molecule is CCCCCCCCCC[n+]1ccn(CCCCCCC)c1CCCCCCCC. The van der Waals surface area contributed by atoms with Crippen LogP contribution < -0.4 is 4.57 Å². The lowest BCUT2D eigenvalue weighted by Crippen LogP contribution is -2.37. The van der Waals surface area contributed by atoms with Crippen molar-refractivity contribution in [1.82, 2.24) is 4.57 Å². The van der Waals surface area contributed by atoms with Gasteiger partial charge in [-0.2, -0.15) is 0 Å². The summed E-state index contributed by atoms with van der Waals surface area (Å²) in [7, 11) is 0. The Morgan fingerprint density at radius 2 is 1.03 bits per heavy atom. The van der Waals surface area contributed by atoms with Crippen molar-refractivity contribution in [3.63, 3.8) is 0 Å². The quantitative estimate of drug-likeness (QED) is 0.131. The highest BCUT2D eigenvalue weighted by Gasteiger charge is 2.16. The van der Waals surface area contributed by atoms with Gasteiger partial charge in [-0.1, -0.05) is 111 Å². The van der Waals surface area contributed by atoms with E-state index in [0.29, 0.717) is 0 Å². The highest BCUT2D eigenvalue weighted by molar-refractivity contribution is 4.84. The molecule has 0 aliphatic carbocycles. The van der Waals surface area contributed by atoms with Gasteiger partial charge in [0.05, 0.1) is 13.1 Å². The molecule has 176 valence electrons. The molecule has 0 spiro atoms.